The molecule has 0 amide bonds. The number of nitrogens with one attached hydrogen (secondary N) is 1. The first-order valence-corrected chi connectivity index (χ1v) is 8.10. The lowest BCUT2D eigenvalue weighted by Gasteiger charge is -2.10. The summed E-state index contributed by atoms with van der Waals surface area (Å²) in [6, 6.07) is 12.3. The van der Waals surface area contributed by atoms with Gasteiger partial charge < -0.3 is 5.11 Å². The van der Waals surface area contributed by atoms with E-state index in [1.165, 1.54) is 0 Å². The molecule has 0 spiro atoms. The van der Waals surface area contributed by atoms with Crippen molar-refractivity contribution in [1.29, 1.82) is 0 Å². The van der Waals surface area contributed by atoms with Gasteiger partial charge in [-0.3, -0.25) is 4.79 Å². The predicted molar refractivity (Wildman–Crippen MR) is 80.6 cm³/mol. The van der Waals surface area contributed by atoms with Gasteiger partial charge in [-0.15, -0.1) is 0 Å². The molecule has 21 heavy (non-hydrogen) atoms. The van der Waals surface area contributed by atoms with Gasteiger partial charge in [0.2, 0.25) is 10.0 Å². The number of rotatable bonds is 6. The molecule has 0 saturated heterocycles. The number of hydrogen-bond acceptors (Lipinski definition) is 3. The van der Waals surface area contributed by atoms with E-state index in [-0.39, 0.29) is 17.9 Å². The van der Waals surface area contributed by atoms with Gasteiger partial charge in [-0.05, 0) is 17.9 Å². The molecule has 0 aliphatic heterocycles. The Kier molecular flexibility index (Phi) is 4.59. The summed E-state index contributed by atoms with van der Waals surface area (Å²) < 4.78 is 27.1. The third-order valence-corrected chi connectivity index (χ3v) is 4.85. The Bertz CT molecular complexity index is 750. The Labute approximate surface area is 123 Å². The van der Waals surface area contributed by atoms with Gasteiger partial charge in [0.15, 0.2) is 0 Å². The Balaban J connectivity index is 2.20. The number of aliphatic carboxylic acids is 1. The van der Waals surface area contributed by atoms with Crippen molar-refractivity contribution in [3.63, 3.8) is 0 Å². The topological polar surface area (TPSA) is 83.5 Å². The minimum atomic E-state index is -3.65. The first-order chi connectivity index (χ1) is 9.92. The van der Waals surface area contributed by atoms with Crippen molar-refractivity contribution >= 4 is 26.8 Å². The molecule has 2 rings (SSSR count). The van der Waals surface area contributed by atoms with E-state index in [9.17, 15) is 13.2 Å². The first kappa shape index (κ1) is 15.5. The van der Waals surface area contributed by atoms with Gasteiger partial charge in [-0.2, -0.15) is 0 Å². The van der Waals surface area contributed by atoms with Crippen LogP contribution in [0.2, 0.25) is 0 Å². The third-order valence-electron chi connectivity index (χ3n) is 3.33. The molecule has 0 fully saturated rings. The van der Waals surface area contributed by atoms with Crippen LogP contribution in [0.4, 0.5) is 0 Å². The Morgan fingerprint density at radius 3 is 2.57 bits per heavy atom. The van der Waals surface area contributed by atoms with E-state index < -0.39 is 21.9 Å². The van der Waals surface area contributed by atoms with Crippen molar-refractivity contribution in [2.45, 2.75) is 18.2 Å². The zero-order chi connectivity index (χ0) is 15.5. The van der Waals surface area contributed by atoms with Gasteiger partial charge in [0.25, 0.3) is 0 Å². The van der Waals surface area contributed by atoms with Crippen molar-refractivity contribution in [1.82, 2.24) is 4.72 Å². The molecule has 0 bridgehead atoms. The summed E-state index contributed by atoms with van der Waals surface area (Å²) in [4.78, 5) is 10.9. The highest BCUT2D eigenvalue weighted by Gasteiger charge is 2.18. The van der Waals surface area contributed by atoms with E-state index in [1.54, 1.807) is 31.2 Å². The molecule has 0 radical (unpaired) electrons. The summed E-state index contributed by atoms with van der Waals surface area (Å²) in [6.07, 6.45) is 0.249. The lowest BCUT2D eigenvalue weighted by atomic mass is 10.1. The number of carboxylic acid groups (broad SMARTS) is 1. The van der Waals surface area contributed by atoms with Gasteiger partial charge in [-0.25, -0.2) is 13.1 Å². The van der Waals surface area contributed by atoms with Crippen LogP contribution in [0.25, 0.3) is 10.8 Å². The van der Waals surface area contributed by atoms with Gasteiger partial charge >= 0.3 is 5.97 Å². The first-order valence-electron chi connectivity index (χ1n) is 6.62. The molecule has 6 heteroatoms. The average Bonchev–Trinajstić information content (AvgIpc) is 2.46. The maximum absolute atomic E-state index is 12.3. The molecular formula is C15H17NO4S. The zero-order valence-corrected chi connectivity index (χ0v) is 12.4. The molecule has 0 aliphatic rings. The molecule has 1 atom stereocenters. The van der Waals surface area contributed by atoms with Crippen molar-refractivity contribution in [3.05, 3.63) is 42.5 Å². The molecule has 1 unspecified atom stereocenters. The quantitative estimate of drug-likeness (QED) is 0.857. The van der Waals surface area contributed by atoms with Crippen LogP contribution in [0.15, 0.2) is 47.4 Å². The van der Waals surface area contributed by atoms with Crippen LogP contribution in [0, 0.1) is 5.92 Å². The number of fused-ring (bicyclic) bond motifs is 1. The Hall–Kier alpha value is -1.92. The maximum atomic E-state index is 12.3. The van der Waals surface area contributed by atoms with Crippen LogP contribution < -0.4 is 4.72 Å². The highest BCUT2D eigenvalue weighted by molar-refractivity contribution is 7.89. The maximum Gasteiger partial charge on any atom is 0.306 e. The summed E-state index contributed by atoms with van der Waals surface area (Å²) in [7, 11) is -3.65. The lowest BCUT2D eigenvalue weighted by molar-refractivity contribution is -0.141. The highest BCUT2D eigenvalue weighted by atomic mass is 32.2. The Morgan fingerprint density at radius 2 is 1.86 bits per heavy atom. The summed E-state index contributed by atoms with van der Waals surface area (Å²) in [6.45, 7) is 1.65. The van der Waals surface area contributed by atoms with Gasteiger partial charge in [0.05, 0.1) is 10.8 Å². The second-order valence-corrected chi connectivity index (χ2v) is 6.64. The van der Waals surface area contributed by atoms with E-state index in [4.69, 9.17) is 5.11 Å². The molecule has 0 aliphatic carbocycles. The number of benzene rings is 2. The van der Waals surface area contributed by atoms with Gasteiger partial charge in [-0.1, -0.05) is 43.3 Å². The second-order valence-electron chi connectivity index (χ2n) is 4.90. The molecular weight excluding hydrogens is 290 g/mol. The summed E-state index contributed by atoms with van der Waals surface area (Å²) in [5.74, 6) is -1.51. The van der Waals surface area contributed by atoms with Crippen LogP contribution in [-0.2, 0) is 14.8 Å². The normalized spacial score (nSPS) is 13.2. The minimum absolute atomic E-state index is 0.0963. The van der Waals surface area contributed by atoms with Crippen LogP contribution in [0.5, 0.6) is 0 Å². The minimum Gasteiger partial charge on any atom is -0.481 e. The van der Waals surface area contributed by atoms with Crippen LogP contribution >= 0.6 is 0 Å². The molecule has 0 aromatic heterocycles. The third kappa shape index (κ3) is 3.59. The predicted octanol–water partition coefficient (Wildman–Crippen LogP) is 2.23. The van der Waals surface area contributed by atoms with E-state index >= 15 is 0 Å². The molecule has 2 aromatic carbocycles. The summed E-state index contributed by atoms with van der Waals surface area (Å²) in [5, 5.41) is 10.3. The van der Waals surface area contributed by atoms with Crippen LogP contribution in [-0.4, -0.2) is 26.0 Å². The van der Waals surface area contributed by atoms with Crippen molar-refractivity contribution < 1.29 is 18.3 Å². The Morgan fingerprint density at radius 1 is 1.19 bits per heavy atom. The van der Waals surface area contributed by atoms with E-state index in [0.29, 0.717) is 5.39 Å². The molecule has 112 valence electrons. The number of carbonyl (C=O) groups is 1. The molecule has 0 heterocycles. The summed E-state index contributed by atoms with van der Waals surface area (Å²) in [5.41, 5.74) is 0. The number of sulfonamides is 1. The standard InChI is InChI=1S/C15H17NO4S/c1-11(15(17)18)9-10-16-21(19,20)14-8-4-6-12-5-2-3-7-13(12)14/h2-8,11,16H,9-10H2,1H3,(H,17,18). The molecule has 5 nitrogen and oxygen atoms in total. The summed E-state index contributed by atoms with van der Waals surface area (Å²) >= 11 is 0. The molecule has 2 N–H and O–H groups in total. The van der Waals surface area contributed by atoms with Crippen LogP contribution in [0.1, 0.15) is 13.3 Å². The number of hydrogen-bond donors (Lipinski definition) is 2. The molecule has 0 saturated carbocycles. The smallest absolute Gasteiger partial charge is 0.306 e. The van der Waals surface area contributed by atoms with E-state index in [1.807, 2.05) is 18.2 Å². The average molecular weight is 307 g/mol. The zero-order valence-electron chi connectivity index (χ0n) is 11.6. The van der Waals surface area contributed by atoms with E-state index in [2.05, 4.69) is 4.72 Å². The van der Waals surface area contributed by atoms with Crippen LogP contribution in [0.3, 0.4) is 0 Å². The van der Waals surface area contributed by atoms with Gasteiger partial charge in [0, 0.05) is 11.9 Å². The monoisotopic (exact) mass is 307 g/mol. The fourth-order valence-corrected chi connectivity index (χ4v) is 3.32. The highest BCUT2D eigenvalue weighted by Crippen LogP contribution is 2.22. The van der Waals surface area contributed by atoms with Crippen molar-refractivity contribution in [2.75, 3.05) is 6.54 Å². The lowest BCUT2D eigenvalue weighted by Crippen LogP contribution is -2.27. The van der Waals surface area contributed by atoms with Crippen molar-refractivity contribution in [3.8, 4) is 0 Å². The second kappa shape index (κ2) is 6.24. The number of carboxylic acids is 1. The fourth-order valence-electron chi connectivity index (χ4n) is 2.04. The van der Waals surface area contributed by atoms with Crippen molar-refractivity contribution in [2.24, 2.45) is 5.92 Å². The largest absolute Gasteiger partial charge is 0.481 e. The molecule has 2 aromatic rings. The van der Waals surface area contributed by atoms with E-state index in [0.717, 1.165) is 5.39 Å². The fraction of sp³-hybridized carbons (Fsp3) is 0.267. The SMILES string of the molecule is CC(CCNS(=O)(=O)c1cccc2ccccc12)C(=O)O. The van der Waals surface area contributed by atoms with Gasteiger partial charge in [0.1, 0.15) is 0 Å².